The third kappa shape index (κ3) is 4.02. The topological polar surface area (TPSA) is 41.9 Å². The number of thiocarbonyl (C=S) groups is 1. The number of carbonyl (C=O) groups excluding carboxylic acids is 1. The van der Waals surface area contributed by atoms with Crippen LogP contribution < -0.4 is 4.74 Å². The predicted molar refractivity (Wildman–Crippen MR) is 114 cm³/mol. The van der Waals surface area contributed by atoms with E-state index in [1.165, 1.54) is 27.5 Å². The summed E-state index contributed by atoms with van der Waals surface area (Å²) in [5, 5.41) is 7.85. The third-order valence-electron chi connectivity index (χ3n) is 4.20. The molecule has 0 N–H and O–H groups in total. The van der Waals surface area contributed by atoms with Gasteiger partial charge in [0.2, 0.25) is 0 Å². The Hall–Kier alpha value is -2.70. The monoisotopic (exact) mass is 392 g/mol. The molecule has 1 aliphatic rings. The maximum absolute atomic E-state index is 11.7. The zero-order valence-electron chi connectivity index (χ0n) is 14.4. The Morgan fingerprint density at radius 2 is 1.85 bits per heavy atom. The number of rotatable bonds is 5. The summed E-state index contributed by atoms with van der Waals surface area (Å²) in [6.07, 6.45) is 1.63. The van der Waals surface area contributed by atoms with Gasteiger partial charge < -0.3 is 4.74 Å². The van der Waals surface area contributed by atoms with E-state index in [-0.39, 0.29) is 5.91 Å². The van der Waals surface area contributed by atoms with Crippen molar-refractivity contribution in [1.29, 1.82) is 0 Å². The molecule has 3 aromatic rings. The maximum Gasteiger partial charge on any atom is 0.259 e. The van der Waals surface area contributed by atoms with Gasteiger partial charge in [-0.2, -0.15) is 10.1 Å². The number of hydrazone groups is 1. The van der Waals surface area contributed by atoms with E-state index in [4.69, 9.17) is 17.0 Å². The van der Waals surface area contributed by atoms with Crippen LogP contribution in [0, 0.1) is 0 Å². The normalized spacial score (nSPS) is 14.4. The molecule has 27 heavy (non-hydrogen) atoms. The van der Waals surface area contributed by atoms with Crippen LogP contribution in [0.3, 0.4) is 0 Å². The number of ether oxygens (including phenoxy) is 1. The van der Waals surface area contributed by atoms with Gasteiger partial charge in [0.15, 0.2) is 4.32 Å². The van der Waals surface area contributed by atoms with Crippen molar-refractivity contribution < 1.29 is 9.53 Å². The molecule has 0 atom stereocenters. The molecule has 0 unspecified atom stereocenters. The summed E-state index contributed by atoms with van der Waals surface area (Å²) in [6, 6.07) is 22.1. The van der Waals surface area contributed by atoms with E-state index in [0.29, 0.717) is 16.7 Å². The van der Waals surface area contributed by atoms with Gasteiger partial charge in [0.25, 0.3) is 5.91 Å². The number of thioether (sulfide) groups is 1. The predicted octanol–water partition coefficient (Wildman–Crippen LogP) is 4.61. The van der Waals surface area contributed by atoms with E-state index in [1.807, 2.05) is 42.5 Å². The molecule has 0 radical (unpaired) electrons. The van der Waals surface area contributed by atoms with Gasteiger partial charge in [-0.1, -0.05) is 66.4 Å². The van der Waals surface area contributed by atoms with Crippen LogP contribution >= 0.6 is 24.0 Å². The first kappa shape index (κ1) is 17.7. The van der Waals surface area contributed by atoms with Gasteiger partial charge in [-0.15, -0.1) is 0 Å². The largest absolute Gasteiger partial charge is 0.489 e. The fraction of sp³-hybridized carbons (Fsp3) is 0.0952. The van der Waals surface area contributed by atoms with Crippen molar-refractivity contribution in [1.82, 2.24) is 5.01 Å². The Morgan fingerprint density at radius 3 is 2.63 bits per heavy atom. The highest BCUT2D eigenvalue weighted by molar-refractivity contribution is 8.23. The van der Waals surface area contributed by atoms with E-state index in [9.17, 15) is 4.79 Å². The number of amides is 1. The highest BCUT2D eigenvalue weighted by atomic mass is 32.2. The maximum atomic E-state index is 11.7. The average Bonchev–Trinajstić information content (AvgIpc) is 3.03. The fourth-order valence-corrected chi connectivity index (χ4v) is 3.78. The average molecular weight is 393 g/mol. The Labute approximate surface area is 166 Å². The van der Waals surface area contributed by atoms with Gasteiger partial charge in [0.05, 0.1) is 12.0 Å². The Kier molecular flexibility index (Phi) is 5.18. The molecule has 4 rings (SSSR count). The van der Waals surface area contributed by atoms with Crippen LogP contribution in [-0.2, 0) is 11.4 Å². The Morgan fingerprint density at radius 1 is 1.07 bits per heavy atom. The molecule has 1 heterocycles. The quantitative estimate of drug-likeness (QED) is 0.470. The van der Waals surface area contributed by atoms with Crippen LogP contribution in [0.15, 0.2) is 71.8 Å². The summed E-state index contributed by atoms with van der Waals surface area (Å²) < 4.78 is 6.43. The minimum absolute atomic E-state index is 0.0868. The van der Waals surface area contributed by atoms with Gasteiger partial charge >= 0.3 is 0 Å². The SMILES string of the molecule is O=C1CSC(=S)N1/N=C/c1ccc(OCc2cccc3ccccc23)cc1. The number of benzene rings is 3. The zero-order chi connectivity index (χ0) is 18.6. The summed E-state index contributed by atoms with van der Waals surface area (Å²) in [5.41, 5.74) is 2.03. The molecule has 0 bridgehead atoms. The van der Waals surface area contributed by atoms with Crippen LogP contribution in [0.2, 0.25) is 0 Å². The lowest BCUT2D eigenvalue weighted by molar-refractivity contribution is -0.123. The summed E-state index contributed by atoms with van der Waals surface area (Å²) in [6.45, 7) is 0.503. The molecule has 1 fully saturated rings. The molecule has 6 heteroatoms. The third-order valence-corrected chi connectivity index (χ3v) is 5.54. The molecule has 0 saturated carbocycles. The second-order valence-corrected chi connectivity index (χ2v) is 7.61. The second kappa shape index (κ2) is 7.90. The molecule has 1 amide bonds. The van der Waals surface area contributed by atoms with E-state index < -0.39 is 0 Å². The van der Waals surface area contributed by atoms with E-state index in [2.05, 4.69) is 29.4 Å². The first-order chi connectivity index (χ1) is 13.2. The number of hydrogen-bond donors (Lipinski definition) is 0. The van der Waals surface area contributed by atoms with Crippen LogP contribution in [0.5, 0.6) is 5.75 Å². The number of nitrogens with zero attached hydrogens (tertiary/aromatic N) is 2. The van der Waals surface area contributed by atoms with Crippen molar-refractivity contribution in [3.63, 3.8) is 0 Å². The molecule has 0 aromatic heterocycles. The minimum atomic E-state index is -0.0868. The smallest absolute Gasteiger partial charge is 0.259 e. The highest BCUT2D eigenvalue weighted by Gasteiger charge is 2.25. The van der Waals surface area contributed by atoms with Gasteiger partial charge in [0.1, 0.15) is 12.4 Å². The minimum Gasteiger partial charge on any atom is -0.489 e. The van der Waals surface area contributed by atoms with Crippen LogP contribution in [-0.4, -0.2) is 27.2 Å². The molecule has 1 aliphatic heterocycles. The Bertz CT molecular complexity index is 1010. The van der Waals surface area contributed by atoms with Crippen molar-refractivity contribution in [2.45, 2.75) is 6.61 Å². The van der Waals surface area contributed by atoms with Crippen molar-refractivity contribution in [2.75, 3.05) is 5.75 Å². The van der Waals surface area contributed by atoms with Crippen LogP contribution in [0.4, 0.5) is 0 Å². The summed E-state index contributed by atoms with van der Waals surface area (Å²) in [7, 11) is 0. The standard InChI is InChI=1S/C21H16N2O2S2/c24-20-14-27-21(26)23(20)22-12-15-8-10-18(11-9-15)25-13-17-6-3-5-16-4-1-2-7-19(16)17/h1-12H,13-14H2/b22-12+. The van der Waals surface area contributed by atoms with E-state index in [1.54, 1.807) is 6.21 Å². The molecule has 134 valence electrons. The highest BCUT2D eigenvalue weighted by Crippen LogP contribution is 2.21. The second-order valence-electron chi connectivity index (χ2n) is 6.00. The number of carbonyl (C=O) groups is 1. The first-order valence-corrected chi connectivity index (χ1v) is 9.83. The lowest BCUT2D eigenvalue weighted by Crippen LogP contribution is -2.22. The van der Waals surface area contributed by atoms with Gasteiger partial charge in [-0.25, -0.2) is 0 Å². The summed E-state index contributed by atoms with van der Waals surface area (Å²) >= 11 is 6.43. The molecule has 0 aliphatic carbocycles. The van der Waals surface area contributed by atoms with Crippen LogP contribution in [0.1, 0.15) is 11.1 Å². The Balaban J connectivity index is 1.42. The fourth-order valence-electron chi connectivity index (χ4n) is 2.81. The van der Waals surface area contributed by atoms with Gasteiger partial charge in [0, 0.05) is 0 Å². The first-order valence-electron chi connectivity index (χ1n) is 8.44. The number of hydrogen-bond acceptors (Lipinski definition) is 5. The lowest BCUT2D eigenvalue weighted by Gasteiger charge is -2.09. The molecular weight excluding hydrogens is 376 g/mol. The van der Waals surface area contributed by atoms with Gasteiger partial charge in [-0.3, -0.25) is 4.79 Å². The lowest BCUT2D eigenvalue weighted by atomic mass is 10.1. The number of fused-ring (bicyclic) bond motifs is 1. The molecule has 1 saturated heterocycles. The van der Waals surface area contributed by atoms with Crippen molar-refractivity contribution in [2.24, 2.45) is 5.10 Å². The van der Waals surface area contributed by atoms with Crippen molar-refractivity contribution in [3.8, 4) is 5.75 Å². The molecular formula is C21H16N2O2S2. The zero-order valence-corrected chi connectivity index (χ0v) is 16.0. The van der Waals surface area contributed by atoms with Crippen molar-refractivity contribution >= 4 is 51.2 Å². The van der Waals surface area contributed by atoms with Gasteiger partial charge in [-0.05, 0) is 46.2 Å². The summed E-state index contributed by atoms with van der Waals surface area (Å²) in [4.78, 5) is 11.7. The van der Waals surface area contributed by atoms with Crippen molar-refractivity contribution in [3.05, 3.63) is 77.9 Å². The molecule has 0 spiro atoms. The van der Waals surface area contributed by atoms with E-state index >= 15 is 0 Å². The molecule has 3 aromatic carbocycles. The molecule has 4 nitrogen and oxygen atoms in total. The van der Waals surface area contributed by atoms with Crippen LogP contribution in [0.25, 0.3) is 10.8 Å². The van der Waals surface area contributed by atoms with E-state index in [0.717, 1.165) is 16.9 Å². The summed E-state index contributed by atoms with van der Waals surface area (Å²) in [5.74, 6) is 1.05.